The number of methoxy groups -OCH3 is 1. The summed E-state index contributed by atoms with van der Waals surface area (Å²) in [6.07, 6.45) is -2.25. The number of amides is 1. The topological polar surface area (TPSA) is 123 Å². The maximum atomic E-state index is 12.0. The lowest BCUT2D eigenvalue weighted by Crippen LogP contribution is -2.37. The first kappa shape index (κ1) is 15.6. The molecule has 1 unspecified atom stereocenters. The minimum absolute atomic E-state index is 0.120. The molecule has 0 spiro atoms. The van der Waals surface area contributed by atoms with E-state index in [-0.39, 0.29) is 11.7 Å². The Morgan fingerprint density at radius 2 is 2.33 bits per heavy atom. The number of carbonyl (C=O) groups excluding carboxylic acids is 1. The molecule has 9 nitrogen and oxygen atoms in total. The summed E-state index contributed by atoms with van der Waals surface area (Å²) < 4.78 is 11.7. The molecule has 0 bridgehead atoms. The normalized spacial score (nSPS) is 28.6. The van der Waals surface area contributed by atoms with Crippen molar-refractivity contribution in [3.8, 4) is 0 Å². The summed E-state index contributed by atoms with van der Waals surface area (Å²) in [6, 6.07) is 1.43. The second-order valence-corrected chi connectivity index (χ2v) is 4.62. The molecule has 0 aromatic carbocycles. The van der Waals surface area contributed by atoms with Gasteiger partial charge in [0.2, 0.25) is 5.91 Å². The van der Waals surface area contributed by atoms with Crippen LogP contribution in [0.15, 0.2) is 17.1 Å². The number of anilines is 1. The van der Waals surface area contributed by atoms with E-state index in [9.17, 15) is 14.7 Å². The highest BCUT2D eigenvalue weighted by atomic mass is 16.6. The summed E-state index contributed by atoms with van der Waals surface area (Å²) in [5, 5.41) is 21.5. The van der Waals surface area contributed by atoms with Crippen molar-refractivity contribution in [2.24, 2.45) is 0 Å². The van der Waals surface area contributed by atoms with Crippen molar-refractivity contribution >= 4 is 11.7 Å². The van der Waals surface area contributed by atoms with E-state index in [1.165, 1.54) is 26.3 Å². The van der Waals surface area contributed by atoms with E-state index in [0.717, 1.165) is 4.57 Å². The molecule has 9 heteroatoms. The van der Waals surface area contributed by atoms with Gasteiger partial charge in [0, 0.05) is 20.2 Å². The number of hydrogen-bond acceptors (Lipinski definition) is 7. The minimum Gasteiger partial charge on any atom is -0.394 e. The van der Waals surface area contributed by atoms with Gasteiger partial charge in [-0.1, -0.05) is 0 Å². The second-order valence-electron chi connectivity index (χ2n) is 4.62. The third kappa shape index (κ3) is 3.10. The van der Waals surface area contributed by atoms with E-state index in [0.29, 0.717) is 0 Å². The van der Waals surface area contributed by atoms with Crippen molar-refractivity contribution in [2.75, 3.05) is 19.0 Å². The second kappa shape index (κ2) is 6.31. The van der Waals surface area contributed by atoms with Crippen LogP contribution in [-0.2, 0) is 14.3 Å². The van der Waals surface area contributed by atoms with Gasteiger partial charge in [-0.25, -0.2) is 4.79 Å². The zero-order valence-electron chi connectivity index (χ0n) is 11.6. The van der Waals surface area contributed by atoms with Crippen LogP contribution in [0.25, 0.3) is 0 Å². The van der Waals surface area contributed by atoms with Gasteiger partial charge in [0.1, 0.15) is 24.1 Å². The maximum Gasteiger partial charge on any atom is 0.351 e. The molecule has 21 heavy (non-hydrogen) atoms. The van der Waals surface area contributed by atoms with Crippen LogP contribution in [0.2, 0.25) is 0 Å². The molecule has 1 amide bonds. The van der Waals surface area contributed by atoms with E-state index in [1.807, 2.05) is 0 Å². The van der Waals surface area contributed by atoms with Crippen molar-refractivity contribution in [3.05, 3.63) is 22.7 Å². The maximum absolute atomic E-state index is 12.0. The number of rotatable bonds is 4. The summed E-state index contributed by atoms with van der Waals surface area (Å²) in [6.45, 7) is 0.903. The Hall–Kier alpha value is -1.81. The summed E-state index contributed by atoms with van der Waals surface area (Å²) in [5.41, 5.74) is -0.668. The average molecular weight is 299 g/mol. The third-order valence-electron chi connectivity index (χ3n) is 3.17. The number of aromatic nitrogens is 2. The zero-order chi connectivity index (χ0) is 15.6. The van der Waals surface area contributed by atoms with Gasteiger partial charge in [0.25, 0.3) is 0 Å². The van der Waals surface area contributed by atoms with Crippen LogP contribution in [0.5, 0.6) is 0 Å². The standard InChI is InChI=1S/C12H17N3O6/c1-6(17)13-8-3-4-15(12(19)14-8)11-10(20-2)9(18)7(5-16)21-11/h3-4,7,9-11,16,18H,5H2,1-2H3,(H,13,14,17,19)/t7-,9+,10?,11-/m1/s1. The monoisotopic (exact) mass is 299 g/mol. The molecule has 4 atom stereocenters. The molecular weight excluding hydrogens is 282 g/mol. The largest absolute Gasteiger partial charge is 0.394 e. The number of nitrogens with one attached hydrogen (secondary N) is 1. The first-order valence-corrected chi connectivity index (χ1v) is 6.32. The highest BCUT2D eigenvalue weighted by Crippen LogP contribution is 2.30. The SMILES string of the molecule is COC1[C@@H](O)[C@@H](CO)O[C@H]1n1ccc(NC(C)=O)nc1=O. The fraction of sp³-hybridized carbons (Fsp3) is 0.583. The number of hydrogen-bond donors (Lipinski definition) is 3. The van der Waals surface area contributed by atoms with Crippen molar-refractivity contribution in [1.82, 2.24) is 9.55 Å². The van der Waals surface area contributed by atoms with Gasteiger partial charge >= 0.3 is 5.69 Å². The van der Waals surface area contributed by atoms with Gasteiger partial charge in [0.15, 0.2) is 6.23 Å². The Kier molecular flexibility index (Phi) is 4.68. The lowest BCUT2D eigenvalue weighted by Gasteiger charge is -2.20. The van der Waals surface area contributed by atoms with Crippen LogP contribution >= 0.6 is 0 Å². The lowest BCUT2D eigenvalue weighted by molar-refractivity contribution is -0.114. The third-order valence-corrected chi connectivity index (χ3v) is 3.17. The molecule has 2 heterocycles. The highest BCUT2D eigenvalue weighted by molar-refractivity contribution is 5.87. The van der Waals surface area contributed by atoms with E-state index < -0.39 is 36.8 Å². The summed E-state index contributed by atoms with van der Waals surface area (Å²) in [7, 11) is 1.37. The van der Waals surface area contributed by atoms with Gasteiger partial charge in [-0.3, -0.25) is 9.36 Å². The van der Waals surface area contributed by atoms with Crippen LogP contribution < -0.4 is 11.0 Å². The number of aliphatic hydroxyl groups excluding tert-OH is 2. The molecule has 1 saturated heterocycles. The Morgan fingerprint density at radius 3 is 2.86 bits per heavy atom. The average Bonchev–Trinajstić information content (AvgIpc) is 2.74. The molecule has 0 radical (unpaired) electrons. The molecular formula is C12H17N3O6. The van der Waals surface area contributed by atoms with Gasteiger partial charge in [-0.05, 0) is 6.07 Å². The van der Waals surface area contributed by atoms with Crippen LogP contribution in [0.4, 0.5) is 5.82 Å². The van der Waals surface area contributed by atoms with Crippen molar-refractivity contribution < 1.29 is 24.5 Å². The van der Waals surface area contributed by atoms with Gasteiger partial charge < -0.3 is 25.0 Å². The quantitative estimate of drug-likeness (QED) is 0.616. The summed E-state index contributed by atoms with van der Waals surface area (Å²) in [4.78, 5) is 26.6. The fourth-order valence-electron chi connectivity index (χ4n) is 2.20. The van der Waals surface area contributed by atoms with Crippen LogP contribution in [-0.4, -0.2) is 57.7 Å². The Morgan fingerprint density at radius 1 is 1.62 bits per heavy atom. The van der Waals surface area contributed by atoms with E-state index >= 15 is 0 Å². The molecule has 116 valence electrons. The molecule has 0 saturated carbocycles. The van der Waals surface area contributed by atoms with Crippen molar-refractivity contribution in [1.29, 1.82) is 0 Å². The molecule has 1 aromatic heterocycles. The van der Waals surface area contributed by atoms with Crippen molar-refractivity contribution in [3.63, 3.8) is 0 Å². The minimum atomic E-state index is -1.06. The lowest BCUT2D eigenvalue weighted by atomic mass is 10.1. The van der Waals surface area contributed by atoms with Crippen LogP contribution in [0.1, 0.15) is 13.2 Å². The number of nitrogens with zero attached hydrogens (tertiary/aromatic N) is 2. The van der Waals surface area contributed by atoms with Gasteiger partial charge in [-0.15, -0.1) is 0 Å². The molecule has 3 N–H and O–H groups in total. The predicted octanol–water partition coefficient (Wildman–Crippen LogP) is -1.53. The molecule has 1 aliphatic rings. The van der Waals surface area contributed by atoms with Crippen LogP contribution in [0.3, 0.4) is 0 Å². The summed E-state index contributed by atoms with van der Waals surface area (Å²) >= 11 is 0. The molecule has 1 aromatic rings. The smallest absolute Gasteiger partial charge is 0.351 e. The van der Waals surface area contributed by atoms with Gasteiger partial charge in [-0.2, -0.15) is 4.98 Å². The first-order valence-electron chi connectivity index (χ1n) is 6.32. The zero-order valence-corrected chi connectivity index (χ0v) is 11.6. The van der Waals surface area contributed by atoms with Gasteiger partial charge in [0.05, 0.1) is 6.61 Å². The molecule has 2 rings (SSSR count). The molecule has 0 aliphatic carbocycles. The Bertz CT molecular complexity index is 574. The number of carbonyl (C=O) groups is 1. The van der Waals surface area contributed by atoms with E-state index in [1.54, 1.807) is 0 Å². The van der Waals surface area contributed by atoms with E-state index in [4.69, 9.17) is 14.6 Å². The highest BCUT2D eigenvalue weighted by Gasteiger charge is 2.45. The van der Waals surface area contributed by atoms with E-state index in [2.05, 4.69) is 10.3 Å². The molecule has 1 aliphatic heterocycles. The first-order chi connectivity index (χ1) is 9.97. The van der Waals surface area contributed by atoms with Crippen LogP contribution in [0, 0.1) is 0 Å². The molecule has 1 fully saturated rings. The summed E-state index contributed by atoms with van der Waals surface area (Å²) in [5.74, 6) is -0.225. The van der Waals surface area contributed by atoms with Crippen molar-refractivity contribution in [2.45, 2.75) is 31.5 Å². The Labute approximate surface area is 120 Å². The number of ether oxygens (including phenoxy) is 2. The predicted molar refractivity (Wildman–Crippen MR) is 70.6 cm³/mol. The number of aliphatic hydroxyl groups is 2. The Balaban J connectivity index is 2.29. The fourth-order valence-corrected chi connectivity index (χ4v) is 2.20.